The molecule has 3 aromatic carbocycles. The lowest BCUT2D eigenvalue weighted by Crippen LogP contribution is -3.00. The molecule has 6 rings (SSSR count). The first-order valence-electron chi connectivity index (χ1n) is 16.2. The van der Waals surface area contributed by atoms with Gasteiger partial charge < -0.3 is 38.5 Å². The number of hydrogen-bond acceptors (Lipinski definition) is 7. The number of likely N-dealkylation sites (N-methyl/N-ethyl adjacent to an activating group) is 1. The van der Waals surface area contributed by atoms with Crippen LogP contribution in [-0.2, 0) is 9.53 Å². The molecular formula is C39H40IN3O2S3. The van der Waals surface area contributed by atoms with Crippen molar-refractivity contribution in [2.75, 3.05) is 31.1 Å². The highest BCUT2D eigenvalue weighted by molar-refractivity contribution is 8.18. The Morgan fingerprint density at radius 2 is 1.52 bits per heavy atom. The Bertz CT molecular complexity index is 1860. The van der Waals surface area contributed by atoms with Crippen molar-refractivity contribution >= 4 is 62.5 Å². The largest absolute Gasteiger partial charge is 1.00 e. The summed E-state index contributed by atoms with van der Waals surface area (Å²) in [6.07, 6.45) is 8.13. The molecule has 0 unspecified atom stereocenters. The molecule has 48 heavy (non-hydrogen) atoms. The Hall–Kier alpha value is -3.12. The second-order valence-electron chi connectivity index (χ2n) is 11.1. The lowest BCUT2D eigenvalue weighted by Gasteiger charge is -2.21. The van der Waals surface area contributed by atoms with Gasteiger partial charge in [0.2, 0.25) is 0 Å². The summed E-state index contributed by atoms with van der Waals surface area (Å²) in [5.74, 6) is 0.754. The Labute approximate surface area is 314 Å². The fourth-order valence-electron chi connectivity index (χ4n) is 5.82. The van der Waals surface area contributed by atoms with Crippen molar-refractivity contribution in [2.45, 2.75) is 39.5 Å². The number of halogens is 1. The normalized spacial score (nSPS) is 18.9. The van der Waals surface area contributed by atoms with E-state index in [0.717, 1.165) is 34.0 Å². The number of thioether (sulfide) groups is 3. The van der Waals surface area contributed by atoms with Crippen LogP contribution in [0.3, 0.4) is 0 Å². The molecule has 0 saturated carbocycles. The average molecular weight is 806 g/mol. The summed E-state index contributed by atoms with van der Waals surface area (Å²) in [4.78, 5) is 21.5. The van der Waals surface area contributed by atoms with Gasteiger partial charge in [0, 0.05) is 35.0 Å². The first-order valence-corrected chi connectivity index (χ1v) is 18.6. The van der Waals surface area contributed by atoms with E-state index in [1.807, 2.05) is 30.6 Å². The first-order chi connectivity index (χ1) is 22.9. The number of fused-ring (bicyclic) bond motifs is 1. The van der Waals surface area contributed by atoms with Crippen LogP contribution in [-0.4, -0.2) is 46.7 Å². The van der Waals surface area contributed by atoms with Gasteiger partial charge in [-0.2, -0.15) is 4.58 Å². The molecule has 3 aliphatic heterocycles. The van der Waals surface area contributed by atoms with Gasteiger partial charge in [-0.15, -0.1) is 0 Å². The summed E-state index contributed by atoms with van der Waals surface area (Å²) in [5.41, 5.74) is 6.05. The van der Waals surface area contributed by atoms with Crippen molar-refractivity contribution in [3.05, 3.63) is 141 Å². The summed E-state index contributed by atoms with van der Waals surface area (Å²) < 4.78 is 7.94. The van der Waals surface area contributed by atoms with Crippen LogP contribution in [0.15, 0.2) is 129 Å². The van der Waals surface area contributed by atoms with E-state index in [-0.39, 0.29) is 29.9 Å². The van der Waals surface area contributed by atoms with Gasteiger partial charge in [-0.05, 0) is 87.4 Å². The Morgan fingerprint density at radius 3 is 2.17 bits per heavy atom. The topological polar surface area (TPSA) is 35.8 Å². The molecule has 5 nitrogen and oxygen atoms in total. The third kappa shape index (κ3) is 7.54. The number of carbonyl (C=O) groups excluding carboxylic acids is 1. The minimum absolute atomic E-state index is 0. The zero-order valence-electron chi connectivity index (χ0n) is 27.9. The standard InChI is InChI=1S/C39H40N3O2S3.HI/c1-6-40-31-24-27(5)20-22-32(31)45-34(40)25-30(44-9-4)21-23-33-39(43)42(8-3)36(46-33)26-35-41(7-2)37(28-16-12-10-13-17-28)38(47-35)29-18-14-11-15-19-29;/h10-26H,6-9H2,1-5H3;1H/q+1;/p-1/b30-21-,33-23-,34-25+;. The molecule has 1 amide bonds. The lowest BCUT2D eigenvalue weighted by atomic mass is 10.1. The molecule has 0 radical (unpaired) electrons. The van der Waals surface area contributed by atoms with Gasteiger partial charge in [0.05, 0.1) is 28.0 Å². The number of amides is 1. The number of nitrogens with zero attached hydrogens (tertiary/aromatic N) is 3. The number of ether oxygens (including phenoxy) is 1. The summed E-state index contributed by atoms with van der Waals surface area (Å²) in [6.45, 7) is 13.3. The van der Waals surface area contributed by atoms with Gasteiger partial charge in [-0.25, -0.2) is 4.79 Å². The molecule has 0 bridgehead atoms. The maximum Gasteiger partial charge on any atom is 0.427 e. The molecule has 9 heteroatoms. The van der Waals surface area contributed by atoms with Crippen LogP contribution in [0.4, 0.5) is 5.69 Å². The van der Waals surface area contributed by atoms with Gasteiger partial charge in [-0.1, -0.05) is 90.3 Å². The zero-order valence-corrected chi connectivity index (χ0v) is 32.5. The van der Waals surface area contributed by atoms with Gasteiger partial charge in [0.15, 0.2) is 6.54 Å². The van der Waals surface area contributed by atoms with Crippen LogP contribution in [0.25, 0.3) is 10.6 Å². The number of aryl methyl sites for hydroxylation is 1. The number of benzene rings is 3. The molecule has 0 aromatic heterocycles. The molecule has 0 N–H and O–H groups in total. The van der Waals surface area contributed by atoms with E-state index in [1.165, 1.54) is 49.6 Å². The van der Waals surface area contributed by atoms with Crippen LogP contribution in [0.2, 0.25) is 0 Å². The van der Waals surface area contributed by atoms with E-state index in [0.29, 0.717) is 18.1 Å². The fraction of sp³-hybridized carbons (Fsp3) is 0.231. The predicted molar refractivity (Wildman–Crippen MR) is 202 cm³/mol. The van der Waals surface area contributed by atoms with E-state index >= 15 is 0 Å². The van der Waals surface area contributed by atoms with Gasteiger partial charge in [-0.3, -0.25) is 0 Å². The van der Waals surface area contributed by atoms with Crippen LogP contribution in [0.1, 0.15) is 44.4 Å². The molecule has 0 fully saturated rings. The third-order valence-corrected chi connectivity index (χ3v) is 11.4. The van der Waals surface area contributed by atoms with Gasteiger partial charge in [0.25, 0.3) is 5.04 Å². The van der Waals surface area contributed by atoms with Crippen molar-refractivity contribution in [3.8, 4) is 0 Å². The molecule has 3 heterocycles. The van der Waals surface area contributed by atoms with Crippen LogP contribution in [0, 0.1) is 6.92 Å². The predicted octanol–water partition coefficient (Wildman–Crippen LogP) is 6.72. The summed E-state index contributed by atoms with van der Waals surface area (Å²) in [6, 6.07) is 27.7. The molecule has 0 aliphatic carbocycles. The highest BCUT2D eigenvalue weighted by atomic mass is 127. The zero-order chi connectivity index (χ0) is 32.9. The lowest BCUT2D eigenvalue weighted by molar-refractivity contribution is -0.435. The highest BCUT2D eigenvalue weighted by Crippen LogP contribution is 2.51. The second kappa shape index (κ2) is 16.5. The van der Waals surface area contributed by atoms with Crippen molar-refractivity contribution < 1.29 is 38.1 Å². The van der Waals surface area contributed by atoms with Crippen LogP contribution >= 0.6 is 35.3 Å². The summed E-state index contributed by atoms with van der Waals surface area (Å²) in [7, 11) is 0. The van der Waals surface area contributed by atoms with Gasteiger partial charge in [0.1, 0.15) is 10.7 Å². The molecule has 3 aromatic rings. The van der Waals surface area contributed by atoms with Crippen molar-refractivity contribution in [1.82, 2.24) is 4.90 Å². The minimum atomic E-state index is 0. The average Bonchev–Trinajstić information content (AvgIpc) is 3.73. The van der Waals surface area contributed by atoms with Crippen molar-refractivity contribution in [1.29, 1.82) is 0 Å². The quantitative estimate of drug-likeness (QED) is 0.0976. The first kappa shape index (κ1) is 36.2. The molecule has 0 spiro atoms. The third-order valence-electron chi connectivity index (χ3n) is 8.03. The second-order valence-corrected chi connectivity index (χ2v) is 14.2. The number of allylic oxidation sites excluding steroid dienone is 3. The molecule has 0 saturated heterocycles. The number of rotatable bonds is 10. The number of anilines is 1. The van der Waals surface area contributed by atoms with E-state index in [9.17, 15) is 4.79 Å². The van der Waals surface area contributed by atoms with E-state index in [4.69, 9.17) is 4.74 Å². The Morgan fingerprint density at radius 1 is 0.833 bits per heavy atom. The van der Waals surface area contributed by atoms with E-state index < -0.39 is 0 Å². The highest BCUT2D eigenvalue weighted by Gasteiger charge is 2.38. The minimum Gasteiger partial charge on any atom is -1.00 e. The van der Waals surface area contributed by atoms with Crippen molar-refractivity contribution in [2.24, 2.45) is 0 Å². The van der Waals surface area contributed by atoms with Gasteiger partial charge >= 0.3 is 5.91 Å². The summed E-state index contributed by atoms with van der Waals surface area (Å²) >= 11 is 5.05. The molecule has 248 valence electrons. The monoisotopic (exact) mass is 805 g/mol. The van der Waals surface area contributed by atoms with Crippen LogP contribution < -0.4 is 28.9 Å². The van der Waals surface area contributed by atoms with E-state index in [2.05, 4.69) is 122 Å². The maximum absolute atomic E-state index is 13.7. The van der Waals surface area contributed by atoms with Crippen molar-refractivity contribution in [3.63, 3.8) is 0 Å². The van der Waals surface area contributed by atoms with Crippen LogP contribution in [0.5, 0.6) is 0 Å². The summed E-state index contributed by atoms with van der Waals surface area (Å²) in [5, 5.41) is 3.17. The smallest absolute Gasteiger partial charge is 0.427 e. The SMILES string of the molecule is CCOC(=C\C=C1/SC(/C=C2\SC(c3ccccc3)=C(c3ccccc3)N2CC)=[N+](CC)C1=O)/C=C1/Sc2ccc(C)cc2N1CC.[I-]. The van der Waals surface area contributed by atoms with E-state index in [1.54, 1.807) is 23.5 Å². The fourth-order valence-corrected chi connectivity index (χ4v) is 9.38. The number of carbonyl (C=O) groups is 1. The maximum atomic E-state index is 13.7. The number of hydrogen-bond donors (Lipinski definition) is 0. The molecular weight excluding hydrogens is 766 g/mol. The Balaban J connectivity index is 0.00000451. The molecule has 3 aliphatic rings. The molecule has 0 atom stereocenters. The Kier molecular flexibility index (Phi) is 12.4.